The zero-order chi connectivity index (χ0) is 16.7. The molecule has 6 heteroatoms. The number of nitrogens with one attached hydrogen (secondary N) is 2. The Morgan fingerprint density at radius 3 is 2.61 bits per heavy atom. The average molecular weight is 341 g/mol. The molecule has 0 bridgehead atoms. The van der Waals surface area contributed by atoms with E-state index in [1.54, 1.807) is 0 Å². The standard InChI is InChI=1S/C17H25F2N3S/c1-3-20-17(22-15-4-5-16(11-15)23-2)21-7-6-12-8-13(18)10-14(19)9-12/h8-10,15-16H,3-7,11H2,1-2H3,(H2,20,21,22). The number of halogens is 2. The van der Waals surface area contributed by atoms with E-state index >= 15 is 0 Å². The summed E-state index contributed by atoms with van der Waals surface area (Å²) in [5, 5.41) is 7.43. The first-order valence-corrected chi connectivity index (χ1v) is 9.42. The van der Waals surface area contributed by atoms with Crippen molar-refractivity contribution in [3.63, 3.8) is 0 Å². The molecule has 2 unspecified atom stereocenters. The molecule has 0 aromatic heterocycles. The smallest absolute Gasteiger partial charge is 0.191 e. The molecule has 1 aromatic rings. The number of hydrogen-bond acceptors (Lipinski definition) is 2. The van der Waals surface area contributed by atoms with Crippen LogP contribution in [0.5, 0.6) is 0 Å². The number of nitrogens with zero attached hydrogens (tertiary/aromatic N) is 1. The first-order valence-electron chi connectivity index (χ1n) is 8.13. The van der Waals surface area contributed by atoms with Crippen LogP contribution in [0.4, 0.5) is 8.78 Å². The third kappa shape index (κ3) is 6.01. The van der Waals surface area contributed by atoms with Crippen molar-refractivity contribution in [1.29, 1.82) is 0 Å². The lowest BCUT2D eigenvalue weighted by Gasteiger charge is -2.17. The summed E-state index contributed by atoms with van der Waals surface area (Å²) >= 11 is 1.92. The number of aliphatic imine (C=N–C) groups is 1. The second-order valence-electron chi connectivity index (χ2n) is 5.80. The molecule has 3 nitrogen and oxygen atoms in total. The maximum Gasteiger partial charge on any atom is 0.191 e. The van der Waals surface area contributed by atoms with Gasteiger partial charge in [-0.2, -0.15) is 11.8 Å². The summed E-state index contributed by atoms with van der Waals surface area (Å²) in [5.74, 6) is -0.290. The summed E-state index contributed by atoms with van der Waals surface area (Å²) in [7, 11) is 0. The Hall–Kier alpha value is -1.30. The molecule has 1 fully saturated rings. The van der Waals surface area contributed by atoms with Gasteiger partial charge in [0.1, 0.15) is 11.6 Å². The quantitative estimate of drug-likeness (QED) is 0.615. The monoisotopic (exact) mass is 341 g/mol. The highest BCUT2D eigenvalue weighted by molar-refractivity contribution is 7.99. The second kappa shape index (κ2) is 9.11. The van der Waals surface area contributed by atoms with Crippen LogP contribution in [-0.4, -0.2) is 36.6 Å². The van der Waals surface area contributed by atoms with Crippen molar-refractivity contribution >= 4 is 17.7 Å². The van der Waals surface area contributed by atoms with Crippen LogP contribution in [0, 0.1) is 11.6 Å². The molecule has 0 saturated heterocycles. The van der Waals surface area contributed by atoms with Gasteiger partial charge >= 0.3 is 0 Å². The SMILES string of the molecule is CCNC(=NCCc1cc(F)cc(F)c1)NC1CCC(SC)C1. The first-order chi connectivity index (χ1) is 11.1. The van der Waals surface area contributed by atoms with Crippen LogP contribution in [0.1, 0.15) is 31.7 Å². The molecule has 0 spiro atoms. The van der Waals surface area contributed by atoms with E-state index in [9.17, 15) is 8.78 Å². The summed E-state index contributed by atoms with van der Waals surface area (Å²) < 4.78 is 26.3. The molecular weight excluding hydrogens is 316 g/mol. The van der Waals surface area contributed by atoms with Crippen LogP contribution >= 0.6 is 11.8 Å². The Labute approximate surface area is 141 Å². The van der Waals surface area contributed by atoms with E-state index in [1.165, 1.54) is 18.6 Å². The fraction of sp³-hybridized carbons (Fsp3) is 0.588. The summed E-state index contributed by atoms with van der Waals surface area (Å²) in [5.41, 5.74) is 0.630. The van der Waals surface area contributed by atoms with Gasteiger partial charge in [0.2, 0.25) is 0 Å². The normalized spacial score (nSPS) is 21.5. The van der Waals surface area contributed by atoms with Crippen LogP contribution in [0.15, 0.2) is 23.2 Å². The van der Waals surface area contributed by atoms with E-state index in [1.807, 2.05) is 18.7 Å². The highest BCUT2D eigenvalue weighted by Gasteiger charge is 2.24. The molecule has 23 heavy (non-hydrogen) atoms. The van der Waals surface area contributed by atoms with Crippen molar-refractivity contribution in [1.82, 2.24) is 10.6 Å². The lowest BCUT2D eigenvalue weighted by atomic mass is 10.1. The number of hydrogen-bond donors (Lipinski definition) is 2. The van der Waals surface area contributed by atoms with Crippen molar-refractivity contribution in [3.05, 3.63) is 35.4 Å². The molecular formula is C17H25F2N3S. The number of guanidine groups is 1. The topological polar surface area (TPSA) is 36.4 Å². The van der Waals surface area contributed by atoms with Crippen molar-refractivity contribution < 1.29 is 8.78 Å². The van der Waals surface area contributed by atoms with Crippen molar-refractivity contribution in [3.8, 4) is 0 Å². The maximum absolute atomic E-state index is 13.2. The summed E-state index contributed by atoms with van der Waals surface area (Å²) in [4.78, 5) is 4.53. The minimum absolute atomic E-state index is 0.455. The Morgan fingerprint density at radius 2 is 2.00 bits per heavy atom. The van der Waals surface area contributed by atoms with Crippen molar-refractivity contribution in [2.45, 2.75) is 43.9 Å². The lowest BCUT2D eigenvalue weighted by molar-refractivity contribution is 0.579. The van der Waals surface area contributed by atoms with Crippen LogP contribution in [0.25, 0.3) is 0 Å². The second-order valence-corrected chi connectivity index (χ2v) is 6.94. The van der Waals surface area contributed by atoms with Gasteiger partial charge in [-0.15, -0.1) is 0 Å². The fourth-order valence-electron chi connectivity index (χ4n) is 2.85. The predicted molar refractivity (Wildman–Crippen MR) is 94.1 cm³/mol. The molecule has 2 rings (SSSR count). The van der Waals surface area contributed by atoms with Gasteiger partial charge in [-0.3, -0.25) is 4.99 Å². The van der Waals surface area contributed by atoms with E-state index in [2.05, 4.69) is 21.9 Å². The van der Waals surface area contributed by atoms with E-state index in [-0.39, 0.29) is 0 Å². The average Bonchev–Trinajstić information content (AvgIpc) is 2.94. The molecule has 1 aromatic carbocycles. The lowest BCUT2D eigenvalue weighted by Crippen LogP contribution is -2.42. The van der Waals surface area contributed by atoms with Crippen LogP contribution in [-0.2, 0) is 6.42 Å². The zero-order valence-corrected chi connectivity index (χ0v) is 14.6. The van der Waals surface area contributed by atoms with Crippen molar-refractivity contribution in [2.24, 2.45) is 4.99 Å². The Bertz CT molecular complexity index is 516. The molecule has 128 valence electrons. The van der Waals surface area contributed by atoms with Crippen molar-refractivity contribution in [2.75, 3.05) is 19.3 Å². The van der Waals surface area contributed by atoms with Gasteiger partial charge in [-0.25, -0.2) is 8.78 Å². The molecule has 1 aliphatic carbocycles. The van der Waals surface area contributed by atoms with Gasteiger partial charge in [-0.05, 0) is 56.6 Å². The molecule has 0 aliphatic heterocycles. The highest BCUT2D eigenvalue weighted by Crippen LogP contribution is 2.27. The number of thioether (sulfide) groups is 1. The number of benzene rings is 1. The Kier molecular flexibility index (Phi) is 7.15. The van der Waals surface area contributed by atoms with Gasteiger partial charge in [0.05, 0.1) is 0 Å². The molecule has 0 heterocycles. The minimum atomic E-state index is -0.539. The fourth-order valence-corrected chi connectivity index (χ4v) is 3.65. The third-order valence-corrected chi connectivity index (χ3v) is 5.09. The summed E-state index contributed by atoms with van der Waals surface area (Å²) in [6.07, 6.45) is 6.22. The zero-order valence-electron chi connectivity index (χ0n) is 13.7. The van der Waals surface area contributed by atoms with E-state index in [4.69, 9.17) is 0 Å². The highest BCUT2D eigenvalue weighted by atomic mass is 32.2. The molecule has 0 amide bonds. The summed E-state index contributed by atoms with van der Waals surface area (Å²) in [6, 6.07) is 4.07. The maximum atomic E-state index is 13.2. The molecule has 2 atom stereocenters. The van der Waals surface area contributed by atoms with Gasteiger partial charge < -0.3 is 10.6 Å². The van der Waals surface area contributed by atoms with Gasteiger partial charge in [0, 0.05) is 30.4 Å². The molecule has 2 N–H and O–H groups in total. The van der Waals surface area contributed by atoms with Crippen LogP contribution in [0.2, 0.25) is 0 Å². The summed E-state index contributed by atoms with van der Waals surface area (Å²) in [6.45, 7) is 3.31. The largest absolute Gasteiger partial charge is 0.357 e. The molecule has 1 aliphatic rings. The number of rotatable bonds is 6. The van der Waals surface area contributed by atoms with Crippen LogP contribution in [0.3, 0.4) is 0 Å². The van der Waals surface area contributed by atoms with Gasteiger partial charge in [-0.1, -0.05) is 0 Å². The molecule has 1 saturated carbocycles. The van der Waals surface area contributed by atoms with E-state index in [0.29, 0.717) is 24.6 Å². The van der Waals surface area contributed by atoms with Crippen LogP contribution < -0.4 is 10.6 Å². The first kappa shape index (κ1) is 18.0. The van der Waals surface area contributed by atoms with E-state index in [0.717, 1.165) is 36.7 Å². The predicted octanol–water partition coefficient (Wildman–Crippen LogP) is 3.35. The molecule has 0 radical (unpaired) electrons. The van der Waals surface area contributed by atoms with Gasteiger partial charge in [0.15, 0.2) is 5.96 Å². The Morgan fingerprint density at radius 1 is 1.26 bits per heavy atom. The minimum Gasteiger partial charge on any atom is -0.357 e. The van der Waals surface area contributed by atoms with Gasteiger partial charge in [0.25, 0.3) is 0 Å². The third-order valence-electron chi connectivity index (χ3n) is 4.00. The Balaban J connectivity index is 1.88. The van der Waals surface area contributed by atoms with E-state index < -0.39 is 11.6 Å².